The van der Waals surface area contributed by atoms with Crippen molar-refractivity contribution in [3.05, 3.63) is 17.5 Å². The van der Waals surface area contributed by atoms with Crippen LogP contribution in [0.3, 0.4) is 0 Å². The van der Waals surface area contributed by atoms with E-state index >= 15 is 0 Å². The van der Waals surface area contributed by atoms with Gasteiger partial charge < -0.3 is 10.6 Å². The fourth-order valence-corrected chi connectivity index (χ4v) is 2.00. The molecule has 16 heavy (non-hydrogen) atoms. The average Bonchev–Trinajstić information content (AvgIpc) is 2.74. The van der Waals surface area contributed by atoms with Gasteiger partial charge in [0.1, 0.15) is 0 Å². The van der Waals surface area contributed by atoms with Crippen LogP contribution in [-0.2, 0) is 0 Å². The number of nitrogens with zero attached hydrogens (tertiary/aromatic N) is 1. The first-order valence-corrected chi connectivity index (χ1v) is 5.76. The van der Waals surface area contributed by atoms with Crippen LogP contribution in [0.4, 0.5) is 0 Å². The van der Waals surface area contributed by atoms with E-state index in [1.807, 2.05) is 6.92 Å². The Bertz CT molecular complexity index is 355. The molecule has 0 aromatic carbocycles. The SMILES string of the molecule is Cc1[nH]ncc1C(=O)NCC1CCNCC1. The van der Waals surface area contributed by atoms with Crippen LogP contribution in [0, 0.1) is 12.8 Å². The second-order valence-electron chi connectivity index (χ2n) is 4.31. The van der Waals surface area contributed by atoms with Crippen LogP contribution in [0.1, 0.15) is 28.9 Å². The standard InChI is InChI=1S/C11H18N4O/c1-8-10(7-14-15-8)11(16)13-6-9-2-4-12-5-3-9/h7,9,12H,2-6H2,1H3,(H,13,16)(H,14,15). The van der Waals surface area contributed by atoms with Crippen LogP contribution in [0.5, 0.6) is 0 Å². The van der Waals surface area contributed by atoms with Gasteiger partial charge in [0.2, 0.25) is 0 Å². The molecule has 0 aliphatic carbocycles. The second kappa shape index (κ2) is 5.12. The van der Waals surface area contributed by atoms with Crippen LogP contribution in [0.2, 0.25) is 0 Å². The van der Waals surface area contributed by atoms with Crippen molar-refractivity contribution in [3.8, 4) is 0 Å². The van der Waals surface area contributed by atoms with E-state index in [1.54, 1.807) is 6.20 Å². The number of nitrogens with one attached hydrogen (secondary N) is 3. The van der Waals surface area contributed by atoms with Gasteiger partial charge in [-0.15, -0.1) is 0 Å². The minimum absolute atomic E-state index is 0.0233. The first kappa shape index (κ1) is 11.1. The number of hydrogen-bond donors (Lipinski definition) is 3. The largest absolute Gasteiger partial charge is 0.352 e. The van der Waals surface area contributed by atoms with E-state index in [-0.39, 0.29) is 5.91 Å². The van der Waals surface area contributed by atoms with Crippen LogP contribution >= 0.6 is 0 Å². The molecule has 1 saturated heterocycles. The van der Waals surface area contributed by atoms with Crippen molar-refractivity contribution in [2.24, 2.45) is 5.92 Å². The minimum atomic E-state index is -0.0233. The summed E-state index contributed by atoms with van der Waals surface area (Å²) >= 11 is 0. The normalized spacial score (nSPS) is 17.3. The van der Waals surface area contributed by atoms with Crippen molar-refractivity contribution in [1.29, 1.82) is 0 Å². The van der Waals surface area contributed by atoms with Crippen molar-refractivity contribution in [1.82, 2.24) is 20.8 Å². The molecular weight excluding hydrogens is 204 g/mol. The topological polar surface area (TPSA) is 69.8 Å². The predicted octanol–water partition coefficient (Wildman–Crippen LogP) is 0.448. The first-order valence-electron chi connectivity index (χ1n) is 5.76. The average molecular weight is 222 g/mol. The lowest BCUT2D eigenvalue weighted by Crippen LogP contribution is -2.36. The molecule has 0 saturated carbocycles. The smallest absolute Gasteiger partial charge is 0.254 e. The Kier molecular flexibility index (Phi) is 3.56. The predicted molar refractivity (Wildman–Crippen MR) is 61.3 cm³/mol. The molecule has 1 aliphatic rings. The fraction of sp³-hybridized carbons (Fsp3) is 0.636. The number of piperidine rings is 1. The summed E-state index contributed by atoms with van der Waals surface area (Å²) < 4.78 is 0. The highest BCUT2D eigenvalue weighted by Gasteiger charge is 2.15. The van der Waals surface area contributed by atoms with Crippen molar-refractivity contribution >= 4 is 5.91 Å². The first-order chi connectivity index (χ1) is 7.77. The lowest BCUT2D eigenvalue weighted by Gasteiger charge is -2.22. The van der Waals surface area contributed by atoms with E-state index in [1.165, 1.54) is 0 Å². The van der Waals surface area contributed by atoms with E-state index < -0.39 is 0 Å². The van der Waals surface area contributed by atoms with Gasteiger partial charge in [-0.05, 0) is 38.8 Å². The molecule has 0 spiro atoms. The van der Waals surface area contributed by atoms with Crippen molar-refractivity contribution < 1.29 is 4.79 Å². The van der Waals surface area contributed by atoms with Gasteiger partial charge in [0, 0.05) is 12.2 Å². The molecule has 2 rings (SSSR count). The van der Waals surface area contributed by atoms with E-state index in [0.29, 0.717) is 11.5 Å². The molecule has 0 radical (unpaired) electrons. The summed E-state index contributed by atoms with van der Waals surface area (Å²) in [5.41, 5.74) is 1.47. The van der Waals surface area contributed by atoms with Crippen molar-refractivity contribution in [2.75, 3.05) is 19.6 Å². The van der Waals surface area contributed by atoms with Crippen LogP contribution in [0.15, 0.2) is 6.20 Å². The third-order valence-corrected chi connectivity index (χ3v) is 3.08. The summed E-state index contributed by atoms with van der Waals surface area (Å²) in [6.07, 6.45) is 3.86. The summed E-state index contributed by atoms with van der Waals surface area (Å²) in [6, 6.07) is 0. The summed E-state index contributed by atoms with van der Waals surface area (Å²) in [5.74, 6) is 0.585. The number of aryl methyl sites for hydroxylation is 1. The molecule has 0 unspecified atom stereocenters. The quantitative estimate of drug-likeness (QED) is 0.695. The summed E-state index contributed by atoms with van der Waals surface area (Å²) in [6.45, 7) is 4.74. The maximum atomic E-state index is 11.8. The molecule has 0 atom stereocenters. The molecule has 88 valence electrons. The Morgan fingerprint density at radius 2 is 2.31 bits per heavy atom. The van der Waals surface area contributed by atoms with E-state index in [2.05, 4.69) is 20.8 Å². The molecule has 1 fully saturated rings. The fourth-order valence-electron chi connectivity index (χ4n) is 2.00. The van der Waals surface area contributed by atoms with Crippen molar-refractivity contribution in [3.63, 3.8) is 0 Å². The third kappa shape index (κ3) is 2.61. The van der Waals surface area contributed by atoms with Crippen LogP contribution < -0.4 is 10.6 Å². The molecule has 2 heterocycles. The highest BCUT2D eigenvalue weighted by atomic mass is 16.1. The molecule has 1 aliphatic heterocycles. The molecule has 1 amide bonds. The molecule has 5 heteroatoms. The van der Waals surface area contributed by atoms with Gasteiger partial charge >= 0.3 is 0 Å². The number of H-pyrrole nitrogens is 1. The maximum Gasteiger partial charge on any atom is 0.254 e. The lowest BCUT2D eigenvalue weighted by atomic mass is 9.98. The number of carbonyl (C=O) groups excluding carboxylic acids is 1. The van der Waals surface area contributed by atoms with E-state index in [9.17, 15) is 4.79 Å². The van der Waals surface area contributed by atoms with Gasteiger partial charge in [0.15, 0.2) is 0 Å². The lowest BCUT2D eigenvalue weighted by molar-refractivity contribution is 0.0943. The third-order valence-electron chi connectivity index (χ3n) is 3.08. The molecule has 3 N–H and O–H groups in total. The highest BCUT2D eigenvalue weighted by molar-refractivity contribution is 5.94. The summed E-state index contributed by atoms with van der Waals surface area (Å²) in [4.78, 5) is 11.8. The van der Waals surface area contributed by atoms with Gasteiger partial charge in [0.25, 0.3) is 5.91 Å². The van der Waals surface area contributed by atoms with E-state index in [0.717, 1.165) is 38.2 Å². The maximum absolute atomic E-state index is 11.8. The van der Waals surface area contributed by atoms with E-state index in [4.69, 9.17) is 0 Å². The van der Waals surface area contributed by atoms with Crippen molar-refractivity contribution in [2.45, 2.75) is 19.8 Å². The number of amides is 1. The Morgan fingerprint density at radius 1 is 1.56 bits per heavy atom. The zero-order chi connectivity index (χ0) is 11.4. The number of rotatable bonds is 3. The number of aromatic nitrogens is 2. The van der Waals surface area contributed by atoms with Gasteiger partial charge in [-0.2, -0.15) is 5.10 Å². The monoisotopic (exact) mass is 222 g/mol. The Labute approximate surface area is 95.0 Å². The Morgan fingerprint density at radius 3 is 2.94 bits per heavy atom. The zero-order valence-electron chi connectivity index (χ0n) is 9.55. The molecule has 1 aromatic rings. The number of aromatic amines is 1. The highest BCUT2D eigenvalue weighted by Crippen LogP contribution is 2.10. The Balaban J connectivity index is 1.81. The van der Waals surface area contributed by atoms with Gasteiger partial charge in [-0.25, -0.2) is 0 Å². The van der Waals surface area contributed by atoms with Gasteiger partial charge in [0.05, 0.1) is 11.8 Å². The number of carbonyl (C=O) groups is 1. The van der Waals surface area contributed by atoms with Crippen LogP contribution in [-0.4, -0.2) is 35.7 Å². The molecular formula is C11H18N4O. The molecule has 0 bridgehead atoms. The molecule has 1 aromatic heterocycles. The van der Waals surface area contributed by atoms with Crippen LogP contribution in [0.25, 0.3) is 0 Å². The van der Waals surface area contributed by atoms with Gasteiger partial charge in [-0.3, -0.25) is 9.89 Å². The summed E-state index contributed by atoms with van der Waals surface area (Å²) in [7, 11) is 0. The number of hydrogen-bond acceptors (Lipinski definition) is 3. The summed E-state index contributed by atoms with van der Waals surface area (Å²) in [5, 5.41) is 12.9. The molecule has 5 nitrogen and oxygen atoms in total. The minimum Gasteiger partial charge on any atom is -0.352 e. The Hall–Kier alpha value is -1.36. The zero-order valence-corrected chi connectivity index (χ0v) is 9.55. The van der Waals surface area contributed by atoms with Gasteiger partial charge in [-0.1, -0.05) is 0 Å². The second-order valence-corrected chi connectivity index (χ2v) is 4.31.